The van der Waals surface area contributed by atoms with Gasteiger partial charge in [-0.05, 0) is 57.1 Å². The van der Waals surface area contributed by atoms with E-state index in [1.807, 2.05) is 0 Å². The number of carbonyl (C=O) groups excluding carboxylic acids is 1. The van der Waals surface area contributed by atoms with E-state index in [9.17, 15) is 4.79 Å². The molecule has 9 N–H and O–H groups in total. The number of allylic oxidation sites excluding steroid dienone is 1. The molecule has 0 heterocycles. The fraction of sp³-hybridized carbons (Fsp3) is 0.737. The molecule has 0 aromatic heterocycles. The van der Waals surface area contributed by atoms with Gasteiger partial charge in [0.05, 0.1) is 11.7 Å². The number of rotatable bonds is 12. The summed E-state index contributed by atoms with van der Waals surface area (Å²) >= 11 is 0. The van der Waals surface area contributed by atoms with Crippen LogP contribution in [0.25, 0.3) is 0 Å². The summed E-state index contributed by atoms with van der Waals surface area (Å²) < 4.78 is 0. The SMILES string of the molecule is CCC(CCN/C(N)=C(/C=C(/C)N)C(=O)NC(N)C1CC1)NCC(C)C. The summed E-state index contributed by atoms with van der Waals surface area (Å²) in [6.45, 7) is 9.94. The minimum absolute atomic E-state index is 0.288. The first kappa shape index (κ1) is 22.3. The zero-order valence-corrected chi connectivity index (χ0v) is 16.8. The van der Waals surface area contributed by atoms with Gasteiger partial charge in [-0.2, -0.15) is 0 Å². The van der Waals surface area contributed by atoms with Crippen molar-refractivity contribution in [3.8, 4) is 0 Å². The average Bonchev–Trinajstić information content (AvgIpc) is 3.39. The van der Waals surface area contributed by atoms with Crippen molar-refractivity contribution in [2.75, 3.05) is 13.1 Å². The zero-order valence-electron chi connectivity index (χ0n) is 16.8. The summed E-state index contributed by atoms with van der Waals surface area (Å²) in [5.74, 6) is 1.03. The fourth-order valence-corrected chi connectivity index (χ4v) is 2.62. The van der Waals surface area contributed by atoms with Crippen LogP contribution < -0.4 is 33.2 Å². The lowest BCUT2D eigenvalue weighted by atomic mass is 10.1. The molecule has 0 aromatic rings. The maximum Gasteiger partial charge on any atom is 0.256 e. The van der Waals surface area contributed by atoms with Gasteiger partial charge >= 0.3 is 0 Å². The molecular formula is C19H38N6O. The normalized spacial score (nSPS) is 18.3. The third-order valence-electron chi connectivity index (χ3n) is 4.45. The lowest BCUT2D eigenvalue weighted by molar-refractivity contribution is -0.118. The van der Waals surface area contributed by atoms with E-state index in [0.29, 0.717) is 41.5 Å². The van der Waals surface area contributed by atoms with E-state index in [2.05, 4.69) is 36.7 Å². The van der Waals surface area contributed by atoms with Crippen LogP contribution in [0.5, 0.6) is 0 Å². The van der Waals surface area contributed by atoms with Gasteiger partial charge in [0.15, 0.2) is 0 Å². The van der Waals surface area contributed by atoms with Crippen molar-refractivity contribution in [3.05, 3.63) is 23.2 Å². The number of carbonyl (C=O) groups is 1. The Hall–Kier alpha value is -1.73. The molecule has 2 unspecified atom stereocenters. The third-order valence-corrected chi connectivity index (χ3v) is 4.45. The van der Waals surface area contributed by atoms with E-state index in [-0.39, 0.29) is 12.1 Å². The van der Waals surface area contributed by atoms with Crippen molar-refractivity contribution in [2.24, 2.45) is 29.0 Å². The third kappa shape index (κ3) is 8.58. The summed E-state index contributed by atoms with van der Waals surface area (Å²) in [6, 6.07) is 0.421. The van der Waals surface area contributed by atoms with Gasteiger partial charge in [-0.3, -0.25) is 4.79 Å². The summed E-state index contributed by atoms with van der Waals surface area (Å²) in [5.41, 5.74) is 18.7. The first-order valence-electron chi connectivity index (χ1n) is 9.71. The average molecular weight is 367 g/mol. The molecule has 0 spiro atoms. The molecule has 26 heavy (non-hydrogen) atoms. The van der Waals surface area contributed by atoms with E-state index in [0.717, 1.165) is 32.2 Å². The molecule has 2 atom stereocenters. The summed E-state index contributed by atoms with van der Waals surface area (Å²) in [5, 5.41) is 9.52. The van der Waals surface area contributed by atoms with Crippen molar-refractivity contribution >= 4 is 5.91 Å². The van der Waals surface area contributed by atoms with E-state index in [4.69, 9.17) is 17.2 Å². The molecule has 1 saturated carbocycles. The first-order valence-corrected chi connectivity index (χ1v) is 9.71. The molecule has 1 fully saturated rings. The van der Waals surface area contributed by atoms with Crippen LogP contribution in [0.2, 0.25) is 0 Å². The molecule has 1 aliphatic rings. The van der Waals surface area contributed by atoms with Gasteiger partial charge in [-0.25, -0.2) is 0 Å². The highest BCUT2D eigenvalue weighted by atomic mass is 16.1. The van der Waals surface area contributed by atoms with E-state index >= 15 is 0 Å². The molecule has 7 heteroatoms. The molecule has 0 bridgehead atoms. The smallest absolute Gasteiger partial charge is 0.256 e. The van der Waals surface area contributed by atoms with Crippen LogP contribution in [-0.2, 0) is 4.79 Å². The molecule has 0 saturated heterocycles. The van der Waals surface area contributed by atoms with Gasteiger partial charge < -0.3 is 33.2 Å². The van der Waals surface area contributed by atoms with Crippen LogP contribution in [0, 0.1) is 11.8 Å². The molecule has 7 nitrogen and oxygen atoms in total. The molecule has 150 valence electrons. The van der Waals surface area contributed by atoms with Gasteiger partial charge in [0.25, 0.3) is 5.91 Å². The van der Waals surface area contributed by atoms with Crippen LogP contribution in [0.15, 0.2) is 23.2 Å². The molecular weight excluding hydrogens is 328 g/mol. The first-order chi connectivity index (χ1) is 12.2. The minimum Gasteiger partial charge on any atom is -0.402 e. The highest BCUT2D eigenvalue weighted by Crippen LogP contribution is 2.30. The quantitative estimate of drug-likeness (QED) is 0.172. The summed E-state index contributed by atoms with van der Waals surface area (Å²) in [4.78, 5) is 12.5. The molecule has 0 aliphatic heterocycles. The Bertz CT molecular complexity index is 506. The van der Waals surface area contributed by atoms with Crippen LogP contribution >= 0.6 is 0 Å². The fourth-order valence-electron chi connectivity index (χ4n) is 2.62. The lowest BCUT2D eigenvalue weighted by Gasteiger charge is -2.20. The second-order valence-corrected chi connectivity index (χ2v) is 7.68. The standard InChI is InChI=1S/C19H38N6O/c1-5-15(24-11-12(2)3)8-9-23-18(22)16(10-13(4)20)19(26)25-17(21)14-6-7-14/h10,12,14-15,17,23-24H,5-9,11,20-22H2,1-4H3,(H,25,26)/b13-10-,18-16-. The molecule has 1 rings (SSSR count). The molecule has 1 aliphatic carbocycles. The van der Waals surface area contributed by atoms with Crippen molar-refractivity contribution in [2.45, 2.75) is 65.6 Å². The van der Waals surface area contributed by atoms with Gasteiger partial charge in [0, 0.05) is 18.3 Å². The number of hydrogen-bond donors (Lipinski definition) is 6. The maximum atomic E-state index is 12.5. The second kappa shape index (κ2) is 11.1. The Labute approximate surface area is 158 Å². The van der Waals surface area contributed by atoms with Crippen LogP contribution in [0.3, 0.4) is 0 Å². The molecule has 0 aromatic carbocycles. The molecule has 1 amide bonds. The lowest BCUT2D eigenvalue weighted by Crippen LogP contribution is -2.44. The van der Waals surface area contributed by atoms with E-state index < -0.39 is 0 Å². The Morgan fingerprint density at radius 3 is 2.42 bits per heavy atom. The van der Waals surface area contributed by atoms with Crippen LogP contribution in [0.1, 0.15) is 53.4 Å². The predicted molar refractivity (Wildman–Crippen MR) is 108 cm³/mol. The van der Waals surface area contributed by atoms with Gasteiger partial charge in [0.2, 0.25) is 0 Å². The van der Waals surface area contributed by atoms with Gasteiger partial charge in [-0.15, -0.1) is 0 Å². The van der Waals surface area contributed by atoms with E-state index in [1.54, 1.807) is 13.0 Å². The number of nitrogens with two attached hydrogens (primary N) is 3. The minimum atomic E-state index is -0.332. The number of hydrogen-bond acceptors (Lipinski definition) is 6. The molecule has 0 radical (unpaired) electrons. The highest BCUT2D eigenvalue weighted by Gasteiger charge is 2.30. The Kier molecular flexibility index (Phi) is 9.51. The second-order valence-electron chi connectivity index (χ2n) is 7.68. The van der Waals surface area contributed by atoms with Crippen molar-refractivity contribution in [1.82, 2.24) is 16.0 Å². The number of amides is 1. The largest absolute Gasteiger partial charge is 0.402 e. The summed E-state index contributed by atoms with van der Waals surface area (Å²) in [6.07, 6.45) is 5.34. The Morgan fingerprint density at radius 1 is 1.27 bits per heavy atom. The van der Waals surface area contributed by atoms with Crippen molar-refractivity contribution in [3.63, 3.8) is 0 Å². The topological polar surface area (TPSA) is 131 Å². The zero-order chi connectivity index (χ0) is 19.7. The maximum absolute atomic E-state index is 12.5. The monoisotopic (exact) mass is 366 g/mol. The van der Waals surface area contributed by atoms with Gasteiger partial charge in [-0.1, -0.05) is 20.8 Å². The summed E-state index contributed by atoms with van der Waals surface area (Å²) in [7, 11) is 0. The number of nitrogens with one attached hydrogen (secondary N) is 3. The Balaban J connectivity index is 2.63. The van der Waals surface area contributed by atoms with E-state index in [1.165, 1.54) is 0 Å². The predicted octanol–water partition coefficient (Wildman–Crippen LogP) is 0.834. The van der Waals surface area contributed by atoms with Crippen LogP contribution in [-0.4, -0.2) is 31.2 Å². The Morgan fingerprint density at radius 2 is 1.92 bits per heavy atom. The van der Waals surface area contributed by atoms with Gasteiger partial charge in [0.1, 0.15) is 5.82 Å². The van der Waals surface area contributed by atoms with Crippen LogP contribution in [0.4, 0.5) is 0 Å². The van der Waals surface area contributed by atoms with Crippen molar-refractivity contribution < 1.29 is 4.79 Å². The van der Waals surface area contributed by atoms with Crippen molar-refractivity contribution in [1.29, 1.82) is 0 Å². The highest BCUT2D eigenvalue weighted by molar-refractivity contribution is 5.97.